The molecule has 5 nitrogen and oxygen atoms in total. The lowest BCUT2D eigenvalue weighted by molar-refractivity contribution is -0.119. The number of ether oxygens (including phenoxy) is 2. The number of rotatable bonds is 4. The Labute approximate surface area is 138 Å². The van der Waals surface area contributed by atoms with Crippen LogP contribution in [-0.2, 0) is 20.7 Å². The van der Waals surface area contributed by atoms with Crippen LogP contribution in [0.5, 0.6) is 0 Å². The summed E-state index contributed by atoms with van der Waals surface area (Å²) in [5, 5.41) is 3.44. The molecule has 120 valence electrons. The van der Waals surface area contributed by atoms with Crippen molar-refractivity contribution in [2.24, 2.45) is 0 Å². The van der Waals surface area contributed by atoms with Gasteiger partial charge in [-0.3, -0.25) is 4.79 Å². The Morgan fingerprint density at radius 1 is 1.30 bits per heavy atom. The van der Waals surface area contributed by atoms with Crippen molar-refractivity contribution in [1.29, 1.82) is 0 Å². The highest BCUT2D eigenvalue weighted by atomic mass is 32.1. The summed E-state index contributed by atoms with van der Waals surface area (Å²) in [5.74, 6) is -0.537. The van der Waals surface area contributed by atoms with Crippen LogP contribution in [0, 0.1) is 0 Å². The fraction of sp³-hybridized carbons (Fsp3) is 0.294. The van der Waals surface area contributed by atoms with E-state index in [2.05, 4.69) is 16.1 Å². The first kappa shape index (κ1) is 15.7. The predicted molar refractivity (Wildman–Crippen MR) is 87.7 cm³/mol. The number of fused-ring (bicyclic) bond motifs is 1. The molecule has 2 heterocycles. The lowest BCUT2D eigenvalue weighted by Gasteiger charge is -2.25. The Hall–Kier alpha value is -2.18. The summed E-state index contributed by atoms with van der Waals surface area (Å²) in [5.41, 5.74) is 2.32. The quantitative estimate of drug-likeness (QED) is 0.874. The number of benzene rings is 1. The lowest BCUT2D eigenvalue weighted by atomic mass is 9.96. The predicted octanol–water partition coefficient (Wildman–Crippen LogP) is 3.18. The van der Waals surface area contributed by atoms with E-state index in [1.165, 1.54) is 24.0 Å². The van der Waals surface area contributed by atoms with Gasteiger partial charge in [-0.25, -0.2) is 4.79 Å². The van der Waals surface area contributed by atoms with Crippen molar-refractivity contribution in [3.63, 3.8) is 0 Å². The summed E-state index contributed by atoms with van der Waals surface area (Å²) in [4.78, 5) is 24.1. The van der Waals surface area contributed by atoms with E-state index in [0.29, 0.717) is 16.5 Å². The van der Waals surface area contributed by atoms with E-state index in [0.717, 1.165) is 12.0 Å². The van der Waals surface area contributed by atoms with E-state index in [1.807, 2.05) is 18.2 Å². The van der Waals surface area contributed by atoms with Crippen molar-refractivity contribution in [3.05, 3.63) is 52.4 Å². The molecule has 2 aromatic rings. The lowest BCUT2D eigenvalue weighted by Crippen LogP contribution is -2.22. The molecule has 0 aliphatic carbocycles. The first-order valence-corrected chi connectivity index (χ1v) is 8.16. The van der Waals surface area contributed by atoms with Crippen LogP contribution >= 0.6 is 11.3 Å². The molecule has 1 atom stereocenters. The number of anilines is 1. The molecule has 1 aromatic heterocycles. The van der Waals surface area contributed by atoms with Gasteiger partial charge in [0.1, 0.15) is 4.88 Å². The molecule has 1 N–H and O–H groups in total. The first-order chi connectivity index (χ1) is 11.2. The van der Waals surface area contributed by atoms with Gasteiger partial charge in [0.05, 0.1) is 31.2 Å². The van der Waals surface area contributed by atoms with Crippen molar-refractivity contribution >= 4 is 28.2 Å². The highest BCUT2D eigenvalue weighted by Gasteiger charge is 2.23. The molecular formula is C17H17NO4S. The number of esters is 1. The zero-order chi connectivity index (χ0) is 16.2. The number of carbonyl (C=O) groups is 2. The van der Waals surface area contributed by atoms with Gasteiger partial charge in [0.15, 0.2) is 0 Å². The van der Waals surface area contributed by atoms with Crippen molar-refractivity contribution in [2.45, 2.75) is 18.9 Å². The Morgan fingerprint density at radius 3 is 2.96 bits per heavy atom. The van der Waals surface area contributed by atoms with Crippen LogP contribution in [0.25, 0.3) is 0 Å². The summed E-state index contributed by atoms with van der Waals surface area (Å²) in [6.07, 6.45) is 0.907. The van der Waals surface area contributed by atoms with Gasteiger partial charge < -0.3 is 14.8 Å². The van der Waals surface area contributed by atoms with Crippen LogP contribution in [-0.4, -0.2) is 25.6 Å². The summed E-state index contributed by atoms with van der Waals surface area (Å²) in [7, 11) is 1.33. The Kier molecular flexibility index (Phi) is 4.73. The van der Waals surface area contributed by atoms with E-state index in [-0.39, 0.29) is 18.4 Å². The molecule has 6 heteroatoms. The third-order valence-electron chi connectivity index (χ3n) is 3.72. The number of carbonyl (C=O) groups excluding carboxylic acids is 2. The van der Waals surface area contributed by atoms with Crippen molar-refractivity contribution < 1.29 is 19.1 Å². The van der Waals surface area contributed by atoms with Crippen LogP contribution in [0.2, 0.25) is 0 Å². The molecule has 0 saturated carbocycles. The molecule has 0 radical (unpaired) electrons. The minimum Gasteiger partial charge on any atom is -0.465 e. The first-order valence-electron chi connectivity index (χ1n) is 7.35. The molecule has 23 heavy (non-hydrogen) atoms. The SMILES string of the molecule is COC(=O)c1ccc(NC(=O)CC2OCCc3ccccc32)s1. The van der Waals surface area contributed by atoms with E-state index >= 15 is 0 Å². The van der Waals surface area contributed by atoms with E-state index < -0.39 is 5.97 Å². The van der Waals surface area contributed by atoms with Crippen molar-refractivity contribution in [2.75, 3.05) is 19.0 Å². The van der Waals surface area contributed by atoms with Crippen LogP contribution in [0.4, 0.5) is 5.00 Å². The van der Waals surface area contributed by atoms with Gasteiger partial charge in [-0.15, -0.1) is 11.3 Å². The van der Waals surface area contributed by atoms with Gasteiger partial charge in [-0.1, -0.05) is 24.3 Å². The van der Waals surface area contributed by atoms with Gasteiger partial charge in [-0.05, 0) is 29.7 Å². The Morgan fingerprint density at radius 2 is 2.13 bits per heavy atom. The van der Waals surface area contributed by atoms with Crippen LogP contribution < -0.4 is 5.32 Å². The second-order valence-electron chi connectivity index (χ2n) is 5.22. The summed E-state index contributed by atoms with van der Waals surface area (Å²) in [6.45, 7) is 0.625. The fourth-order valence-electron chi connectivity index (χ4n) is 2.62. The Balaban J connectivity index is 1.64. The van der Waals surface area contributed by atoms with E-state index in [1.54, 1.807) is 12.1 Å². The van der Waals surface area contributed by atoms with Crippen LogP contribution in [0.1, 0.15) is 33.3 Å². The van der Waals surface area contributed by atoms with Gasteiger partial charge in [-0.2, -0.15) is 0 Å². The molecule has 1 aromatic carbocycles. The van der Waals surface area contributed by atoms with Gasteiger partial charge in [0.2, 0.25) is 5.91 Å². The molecule has 1 amide bonds. The minimum atomic E-state index is -0.403. The third kappa shape index (κ3) is 3.60. The summed E-state index contributed by atoms with van der Waals surface area (Å²) in [6, 6.07) is 11.4. The number of methoxy groups -OCH3 is 1. The van der Waals surface area contributed by atoms with Crippen LogP contribution in [0.3, 0.4) is 0 Å². The highest BCUT2D eigenvalue weighted by Crippen LogP contribution is 2.30. The topological polar surface area (TPSA) is 64.6 Å². The second kappa shape index (κ2) is 6.93. The third-order valence-corrected chi connectivity index (χ3v) is 4.70. The molecular weight excluding hydrogens is 314 g/mol. The van der Waals surface area contributed by atoms with Crippen molar-refractivity contribution in [1.82, 2.24) is 0 Å². The fourth-order valence-corrected chi connectivity index (χ4v) is 3.46. The average Bonchev–Trinajstić information content (AvgIpc) is 3.03. The number of nitrogens with one attached hydrogen (secondary N) is 1. The smallest absolute Gasteiger partial charge is 0.348 e. The maximum absolute atomic E-state index is 12.2. The molecule has 0 fully saturated rings. The molecule has 1 unspecified atom stereocenters. The van der Waals surface area contributed by atoms with Crippen molar-refractivity contribution in [3.8, 4) is 0 Å². The van der Waals surface area contributed by atoms with Gasteiger partial charge >= 0.3 is 5.97 Å². The number of amides is 1. The zero-order valence-electron chi connectivity index (χ0n) is 12.7. The minimum absolute atomic E-state index is 0.134. The van der Waals surface area contributed by atoms with E-state index in [4.69, 9.17) is 4.74 Å². The van der Waals surface area contributed by atoms with Crippen LogP contribution in [0.15, 0.2) is 36.4 Å². The number of hydrogen-bond donors (Lipinski definition) is 1. The maximum atomic E-state index is 12.2. The molecule has 1 aliphatic heterocycles. The molecule has 3 rings (SSSR count). The highest BCUT2D eigenvalue weighted by molar-refractivity contribution is 7.18. The number of hydrogen-bond acceptors (Lipinski definition) is 5. The van der Waals surface area contributed by atoms with E-state index in [9.17, 15) is 9.59 Å². The summed E-state index contributed by atoms with van der Waals surface area (Å²) >= 11 is 1.19. The zero-order valence-corrected chi connectivity index (χ0v) is 13.5. The average molecular weight is 331 g/mol. The largest absolute Gasteiger partial charge is 0.465 e. The maximum Gasteiger partial charge on any atom is 0.348 e. The molecule has 0 bridgehead atoms. The Bertz CT molecular complexity index is 725. The second-order valence-corrected chi connectivity index (χ2v) is 6.30. The molecule has 0 saturated heterocycles. The number of thiophene rings is 1. The molecule has 1 aliphatic rings. The summed E-state index contributed by atoms with van der Waals surface area (Å²) < 4.78 is 10.4. The normalized spacial score (nSPS) is 16.5. The van der Waals surface area contributed by atoms with Gasteiger partial charge in [0, 0.05) is 0 Å². The monoisotopic (exact) mass is 331 g/mol. The standard InChI is InChI=1S/C17H17NO4S/c1-21-17(20)14-6-7-16(23-14)18-15(19)10-13-12-5-3-2-4-11(12)8-9-22-13/h2-7,13H,8-10H2,1H3,(H,18,19). The van der Waals surface area contributed by atoms with Gasteiger partial charge in [0.25, 0.3) is 0 Å². The molecule has 0 spiro atoms.